The van der Waals surface area contributed by atoms with Crippen molar-refractivity contribution in [2.75, 3.05) is 31.0 Å². The molecule has 0 N–H and O–H groups in total. The van der Waals surface area contributed by atoms with Gasteiger partial charge in [0.2, 0.25) is 0 Å². The number of para-hydroxylation sites is 1. The molecule has 4 nitrogen and oxygen atoms in total. The Labute approximate surface area is 182 Å². The van der Waals surface area contributed by atoms with E-state index < -0.39 is 0 Å². The number of benzene rings is 4. The van der Waals surface area contributed by atoms with Gasteiger partial charge >= 0.3 is 0 Å². The van der Waals surface area contributed by atoms with E-state index in [1.165, 1.54) is 11.3 Å². The van der Waals surface area contributed by atoms with Crippen LogP contribution in [0.3, 0.4) is 0 Å². The van der Waals surface area contributed by atoms with Gasteiger partial charge in [0, 0.05) is 20.2 Å². The normalized spacial score (nSPS) is 12.2. The van der Waals surface area contributed by atoms with Crippen molar-refractivity contribution >= 4 is 22.7 Å². The number of hydrogen-bond donors (Lipinski definition) is 0. The second kappa shape index (κ2) is 7.73. The highest BCUT2D eigenvalue weighted by atomic mass is 16.5. The molecule has 0 saturated carbocycles. The Morgan fingerprint density at radius 1 is 0.516 bits per heavy atom. The lowest BCUT2D eigenvalue weighted by atomic mass is 10.0. The van der Waals surface area contributed by atoms with Crippen molar-refractivity contribution in [1.82, 2.24) is 0 Å². The van der Waals surface area contributed by atoms with Gasteiger partial charge < -0.3 is 19.3 Å². The first-order valence-corrected chi connectivity index (χ1v) is 10.3. The highest BCUT2D eigenvalue weighted by molar-refractivity contribution is 5.94. The molecular formula is C27H24N2O2. The number of fused-ring (bicyclic) bond motifs is 2. The molecule has 0 atom stereocenters. The minimum Gasteiger partial charge on any atom is -0.497 e. The summed E-state index contributed by atoms with van der Waals surface area (Å²) in [5, 5.41) is 0. The molecule has 5 rings (SSSR count). The van der Waals surface area contributed by atoms with Crippen LogP contribution < -0.4 is 19.3 Å². The smallest absolute Gasteiger partial charge is 0.129 e. The van der Waals surface area contributed by atoms with Gasteiger partial charge in [-0.3, -0.25) is 0 Å². The van der Waals surface area contributed by atoms with Crippen LogP contribution >= 0.6 is 0 Å². The lowest BCUT2D eigenvalue weighted by Gasteiger charge is -2.37. The third-order valence-corrected chi connectivity index (χ3v) is 5.77. The molecule has 1 aliphatic rings. The maximum Gasteiger partial charge on any atom is 0.129 e. The summed E-state index contributed by atoms with van der Waals surface area (Å²) in [4.78, 5) is 4.46. The zero-order chi connectivity index (χ0) is 21.4. The molecule has 0 radical (unpaired) electrons. The summed E-state index contributed by atoms with van der Waals surface area (Å²) in [5.74, 6) is 2.52. The predicted molar refractivity (Wildman–Crippen MR) is 128 cm³/mol. The fourth-order valence-electron chi connectivity index (χ4n) is 4.04. The Bertz CT molecular complexity index is 1220. The van der Waals surface area contributed by atoms with Crippen molar-refractivity contribution in [3.05, 3.63) is 91.0 Å². The summed E-state index contributed by atoms with van der Waals surface area (Å²) >= 11 is 0. The van der Waals surface area contributed by atoms with Gasteiger partial charge in [-0.05, 0) is 59.7 Å². The second-order valence-corrected chi connectivity index (χ2v) is 7.62. The quantitative estimate of drug-likeness (QED) is 0.363. The molecule has 0 unspecified atom stereocenters. The standard InChI is InChI=1S/C27H24N2O2/c1-28-25-16-14-23(31-22-7-5-4-6-8-22)18-27(25)29(2)24-15-11-20(17-26(24)28)19-9-12-21(30-3)13-10-19/h4-18H,1-3H3. The highest BCUT2D eigenvalue weighted by Gasteiger charge is 2.25. The van der Waals surface area contributed by atoms with Crippen LogP contribution in [-0.2, 0) is 0 Å². The molecule has 1 heterocycles. The number of anilines is 4. The molecule has 0 amide bonds. The summed E-state index contributed by atoms with van der Waals surface area (Å²) in [5.41, 5.74) is 6.92. The first-order chi connectivity index (χ1) is 15.1. The molecule has 4 heteroatoms. The Morgan fingerprint density at radius 3 is 1.77 bits per heavy atom. The fraction of sp³-hybridized carbons (Fsp3) is 0.111. The maximum atomic E-state index is 6.06. The Morgan fingerprint density at radius 2 is 1.10 bits per heavy atom. The van der Waals surface area contributed by atoms with E-state index in [2.05, 4.69) is 66.4 Å². The lowest BCUT2D eigenvalue weighted by molar-refractivity contribution is 0.415. The molecule has 1 aliphatic heterocycles. The molecule has 0 aromatic heterocycles. The first kappa shape index (κ1) is 19.1. The van der Waals surface area contributed by atoms with Crippen molar-refractivity contribution in [2.45, 2.75) is 0 Å². The van der Waals surface area contributed by atoms with E-state index in [0.717, 1.165) is 39.9 Å². The minimum atomic E-state index is 0.823. The largest absolute Gasteiger partial charge is 0.497 e. The average Bonchev–Trinajstić information content (AvgIpc) is 2.83. The van der Waals surface area contributed by atoms with Gasteiger partial charge in [0.1, 0.15) is 17.2 Å². The van der Waals surface area contributed by atoms with Crippen LogP contribution in [0.25, 0.3) is 11.1 Å². The second-order valence-electron chi connectivity index (χ2n) is 7.62. The predicted octanol–water partition coefficient (Wildman–Crippen LogP) is 7.00. The van der Waals surface area contributed by atoms with Crippen LogP contribution in [0, 0.1) is 0 Å². The molecular weight excluding hydrogens is 384 g/mol. The van der Waals surface area contributed by atoms with Crippen LogP contribution in [0.15, 0.2) is 91.0 Å². The minimum absolute atomic E-state index is 0.823. The molecule has 4 aromatic carbocycles. The zero-order valence-electron chi connectivity index (χ0n) is 17.9. The van der Waals surface area contributed by atoms with Gasteiger partial charge in [0.05, 0.1) is 29.9 Å². The average molecular weight is 409 g/mol. The molecule has 4 aromatic rings. The van der Waals surface area contributed by atoms with Crippen LogP contribution in [0.1, 0.15) is 0 Å². The summed E-state index contributed by atoms with van der Waals surface area (Å²) in [6.45, 7) is 0. The lowest BCUT2D eigenvalue weighted by Crippen LogP contribution is -2.24. The molecule has 31 heavy (non-hydrogen) atoms. The van der Waals surface area contributed by atoms with Gasteiger partial charge in [-0.15, -0.1) is 0 Å². The van der Waals surface area contributed by atoms with Crippen molar-refractivity contribution in [2.24, 2.45) is 0 Å². The van der Waals surface area contributed by atoms with E-state index in [9.17, 15) is 0 Å². The molecule has 0 spiro atoms. The number of methoxy groups -OCH3 is 1. The third kappa shape index (κ3) is 3.46. The highest BCUT2D eigenvalue weighted by Crippen LogP contribution is 2.48. The maximum absolute atomic E-state index is 6.06. The summed E-state index contributed by atoms with van der Waals surface area (Å²) < 4.78 is 11.3. The summed E-state index contributed by atoms with van der Waals surface area (Å²) in [6.07, 6.45) is 0. The van der Waals surface area contributed by atoms with E-state index in [1.807, 2.05) is 48.5 Å². The van der Waals surface area contributed by atoms with Crippen LogP contribution in [-0.4, -0.2) is 21.2 Å². The van der Waals surface area contributed by atoms with Gasteiger partial charge in [-0.1, -0.05) is 36.4 Å². The van der Waals surface area contributed by atoms with E-state index >= 15 is 0 Å². The Kier molecular flexibility index (Phi) is 4.75. The van der Waals surface area contributed by atoms with E-state index in [1.54, 1.807) is 7.11 Å². The van der Waals surface area contributed by atoms with Gasteiger partial charge in [-0.2, -0.15) is 0 Å². The molecule has 0 saturated heterocycles. The number of nitrogens with zero attached hydrogens (tertiary/aromatic N) is 2. The van der Waals surface area contributed by atoms with Crippen molar-refractivity contribution in [3.63, 3.8) is 0 Å². The topological polar surface area (TPSA) is 24.9 Å². The van der Waals surface area contributed by atoms with Crippen molar-refractivity contribution in [3.8, 4) is 28.4 Å². The monoisotopic (exact) mass is 408 g/mol. The van der Waals surface area contributed by atoms with Crippen molar-refractivity contribution < 1.29 is 9.47 Å². The van der Waals surface area contributed by atoms with Crippen LogP contribution in [0.5, 0.6) is 17.2 Å². The first-order valence-electron chi connectivity index (χ1n) is 10.3. The third-order valence-electron chi connectivity index (χ3n) is 5.77. The molecule has 0 fully saturated rings. The van der Waals surface area contributed by atoms with Gasteiger partial charge in [0.15, 0.2) is 0 Å². The van der Waals surface area contributed by atoms with E-state index in [-0.39, 0.29) is 0 Å². The van der Waals surface area contributed by atoms with Crippen LogP contribution in [0.4, 0.5) is 22.7 Å². The number of rotatable bonds is 4. The molecule has 0 aliphatic carbocycles. The zero-order valence-corrected chi connectivity index (χ0v) is 17.9. The molecule has 154 valence electrons. The van der Waals surface area contributed by atoms with Gasteiger partial charge in [0.25, 0.3) is 0 Å². The fourth-order valence-corrected chi connectivity index (χ4v) is 4.04. The van der Waals surface area contributed by atoms with E-state index in [0.29, 0.717) is 0 Å². The Hall–Kier alpha value is -3.92. The SMILES string of the molecule is COc1ccc(-c2ccc3c(c2)N(C)c2ccc(Oc4ccccc4)cc2N3C)cc1. The summed E-state index contributed by atoms with van der Waals surface area (Å²) in [6, 6.07) is 30.9. The number of hydrogen-bond acceptors (Lipinski definition) is 4. The van der Waals surface area contributed by atoms with Gasteiger partial charge in [-0.25, -0.2) is 0 Å². The Balaban J connectivity index is 1.49. The summed E-state index contributed by atoms with van der Waals surface area (Å²) in [7, 11) is 5.90. The number of ether oxygens (including phenoxy) is 2. The van der Waals surface area contributed by atoms with Crippen molar-refractivity contribution in [1.29, 1.82) is 0 Å². The van der Waals surface area contributed by atoms with E-state index in [4.69, 9.17) is 9.47 Å². The van der Waals surface area contributed by atoms with Crippen LogP contribution in [0.2, 0.25) is 0 Å². The molecule has 0 bridgehead atoms.